The van der Waals surface area contributed by atoms with Crippen LogP contribution in [0, 0.1) is 37.6 Å². The Bertz CT molecular complexity index is 899. The van der Waals surface area contributed by atoms with E-state index in [1.54, 1.807) is 27.4 Å². The minimum absolute atomic E-state index is 0.505. The Labute approximate surface area is 210 Å². The first kappa shape index (κ1) is 28.7. The van der Waals surface area contributed by atoms with Gasteiger partial charge in [0.1, 0.15) is 5.75 Å². The summed E-state index contributed by atoms with van der Waals surface area (Å²) in [5.74, 6) is 1.74. The van der Waals surface area contributed by atoms with E-state index < -0.39 is 28.4 Å². The largest absolute Gasteiger partial charge is 0.514 e. The van der Waals surface area contributed by atoms with Crippen molar-refractivity contribution in [2.75, 3.05) is 21.3 Å². The molecule has 0 aliphatic carbocycles. The van der Waals surface area contributed by atoms with Crippen molar-refractivity contribution in [3.8, 4) is 54.8 Å². The number of methoxy groups -OCH3 is 3. The number of benzene rings is 1. The van der Waals surface area contributed by atoms with Crippen LogP contribution in [-0.2, 0) is 19.7 Å². The normalized spacial score (nSPS) is 13.1. The van der Waals surface area contributed by atoms with Gasteiger partial charge in [-0.05, 0) is 12.5 Å². The molecule has 0 heterocycles. The summed E-state index contributed by atoms with van der Waals surface area (Å²) in [7, 11) is 21.7. The Hall–Kier alpha value is -1.35. The first-order chi connectivity index (χ1) is 15.0. The van der Waals surface area contributed by atoms with E-state index in [2.05, 4.69) is 67.1 Å². The zero-order valence-electron chi connectivity index (χ0n) is 17.8. The molecule has 15 heteroatoms. The lowest BCUT2D eigenvalue weighted by Gasteiger charge is -2.48. The summed E-state index contributed by atoms with van der Waals surface area (Å²) in [4.78, 5) is 0. The third-order valence-corrected chi connectivity index (χ3v) is 81.6. The smallest absolute Gasteiger partial charge is 0.512 e. The van der Waals surface area contributed by atoms with E-state index in [9.17, 15) is 0 Å². The highest BCUT2D eigenvalue weighted by Gasteiger charge is 2.69. The van der Waals surface area contributed by atoms with Gasteiger partial charge in [0.05, 0.1) is 59.2 Å². The molecule has 1 rings (SSSR count). The molecule has 0 fully saturated rings. The van der Waals surface area contributed by atoms with Crippen LogP contribution in [0.2, 0.25) is 6.04 Å². The van der Waals surface area contributed by atoms with Crippen molar-refractivity contribution < 1.29 is 27.5 Å². The van der Waals surface area contributed by atoms with Gasteiger partial charge in [0.2, 0.25) is 6.87 Å². The summed E-state index contributed by atoms with van der Waals surface area (Å²) in [6.07, 6.45) is 21.1. The molecule has 0 aliphatic heterocycles. The van der Waals surface area contributed by atoms with Crippen LogP contribution in [0.15, 0.2) is 12.1 Å². The van der Waals surface area contributed by atoms with Crippen LogP contribution in [0.4, 0.5) is 0 Å². The van der Waals surface area contributed by atoms with E-state index in [-0.39, 0.29) is 0 Å². The summed E-state index contributed by atoms with van der Waals surface area (Å²) >= 11 is 0. The molecule has 16 radical (unpaired) electrons. The van der Waals surface area contributed by atoms with Gasteiger partial charge < -0.3 is 27.5 Å². The molecule has 0 saturated heterocycles. The molecule has 0 bridgehead atoms. The minimum Gasteiger partial charge on any atom is -0.514 e. The van der Waals surface area contributed by atoms with Crippen LogP contribution in [0.5, 0.6) is 17.2 Å². The highest BCUT2D eigenvalue weighted by Crippen LogP contribution is 2.38. The fourth-order valence-corrected chi connectivity index (χ4v) is 93.4. The maximum atomic E-state index is 5.77. The number of ether oxygens (including phenoxy) is 3. The predicted molar refractivity (Wildman–Crippen MR) is 136 cm³/mol. The van der Waals surface area contributed by atoms with Gasteiger partial charge in [0.25, 0.3) is 0 Å². The highest BCUT2D eigenvalue weighted by atomic mass is 30.4. The SMILES string of the molecule is C#CO[Si](OC#C)[Si](CCc1cc(OC)cc(OC)c1OC)([Si]([Si])([Si])[Si])[Si]([Si])([Si])OC#C. The topological polar surface area (TPSA) is 55.4 Å². The van der Waals surface area contributed by atoms with E-state index in [4.69, 9.17) is 46.8 Å². The molecule has 1 atom stereocenters. The predicted octanol–water partition coefficient (Wildman–Crippen LogP) is -1.03. The summed E-state index contributed by atoms with van der Waals surface area (Å²) in [5, 5.41) is 0. The van der Waals surface area contributed by atoms with E-state index in [1.807, 2.05) is 6.07 Å². The Morgan fingerprint density at radius 2 is 1.47 bits per heavy atom. The molecular formula is C17H18O6Si9. The summed E-state index contributed by atoms with van der Waals surface area (Å²) in [6.45, 7) is -6.03. The molecule has 1 aromatic carbocycles. The maximum Gasteiger partial charge on any atom is 0.512 e. The average Bonchev–Trinajstić information content (AvgIpc) is 2.72. The molecular weight excluding hydrogens is 553 g/mol. The lowest BCUT2D eigenvalue weighted by Crippen LogP contribution is -2.88. The molecule has 1 aromatic rings. The molecule has 32 heavy (non-hydrogen) atoms. The number of hydrogen-bond acceptors (Lipinski definition) is 6. The van der Waals surface area contributed by atoms with Crippen LogP contribution in [-0.4, -0.2) is 98.6 Å². The van der Waals surface area contributed by atoms with Crippen molar-refractivity contribution in [2.24, 2.45) is 0 Å². The van der Waals surface area contributed by atoms with Crippen LogP contribution in [0.3, 0.4) is 0 Å². The Balaban J connectivity index is 3.73. The van der Waals surface area contributed by atoms with E-state index in [1.165, 1.54) is 0 Å². The molecule has 0 aliphatic rings. The van der Waals surface area contributed by atoms with Crippen molar-refractivity contribution in [3.63, 3.8) is 0 Å². The van der Waals surface area contributed by atoms with Crippen molar-refractivity contribution in [1.82, 2.24) is 0 Å². The molecule has 1 unspecified atom stereocenters. The van der Waals surface area contributed by atoms with Crippen molar-refractivity contribution in [2.45, 2.75) is 12.5 Å². The lowest BCUT2D eigenvalue weighted by molar-refractivity contribution is 0.346. The van der Waals surface area contributed by atoms with Gasteiger partial charge in [-0.3, -0.25) is 0 Å². The Morgan fingerprint density at radius 1 is 0.875 bits per heavy atom. The van der Waals surface area contributed by atoms with Gasteiger partial charge in [-0.25, -0.2) is 0 Å². The summed E-state index contributed by atoms with van der Waals surface area (Å²) in [6, 6.07) is 4.15. The Morgan fingerprint density at radius 3 is 1.88 bits per heavy atom. The van der Waals surface area contributed by atoms with E-state index in [0.717, 1.165) is 5.56 Å². The molecule has 158 valence electrons. The van der Waals surface area contributed by atoms with Crippen molar-refractivity contribution in [1.29, 1.82) is 0 Å². The second-order valence-electron chi connectivity index (χ2n) is 6.31. The Kier molecular flexibility index (Phi) is 10.9. The monoisotopic (exact) mass is 570 g/mol. The molecule has 0 aromatic heterocycles. The minimum atomic E-state index is -3.05. The highest BCUT2D eigenvalue weighted by molar-refractivity contribution is 8.11. The summed E-state index contributed by atoms with van der Waals surface area (Å²) in [5.41, 5.74) is 0.843. The van der Waals surface area contributed by atoms with Crippen LogP contribution < -0.4 is 14.2 Å². The first-order valence-electron chi connectivity index (χ1n) is 8.79. The van der Waals surface area contributed by atoms with Crippen LogP contribution >= 0.6 is 0 Å². The van der Waals surface area contributed by atoms with E-state index in [0.29, 0.717) is 29.7 Å². The first-order valence-corrected chi connectivity index (χ1v) is 26.7. The molecule has 0 saturated carbocycles. The second kappa shape index (κ2) is 12.2. The van der Waals surface area contributed by atoms with Gasteiger partial charge in [-0.2, -0.15) is 0 Å². The van der Waals surface area contributed by atoms with Gasteiger partial charge in [0.15, 0.2) is 18.1 Å². The fraction of sp³-hybridized carbons (Fsp3) is 0.294. The second-order valence-corrected chi connectivity index (χ2v) is 54.9. The summed E-state index contributed by atoms with van der Waals surface area (Å²) < 4.78 is 33.6. The standard InChI is InChI=1S/C17H18O6Si9/c1-7-21-29(22-8-2)30(32(26,27)28,31(24,25)23-9-3)11-10-14-12-15(18-4)13-16(19-5)17(14)20-6/h1-3,12-13H,10-11H2,4-6H3. The molecule has 6 nitrogen and oxygen atoms in total. The zero-order chi connectivity index (χ0) is 24.6. The number of rotatable bonds is 12. The molecule has 0 amide bonds. The lowest BCUT2D eigenvalue weighted by atomic mass is 10.1. The number of terminal acetylenes is 3. The molecule has 0 spiro atoms. The quantitative estimate of drug-likeness (QED) is 0.237. The third kappa shape index (κ3) is 5.96. The third-order valence-electron chi connectivity index (χ3n) is 4.64. The zero-order valence-corrected chi connectivity index (χ0v) is 26.8. The van der Waals surface area contributed by atoms with Gasteiger partial charge in [-0.15, -0.1) is 0 Å². The average molecular weight is 571 g/mol. The van der Waals surface area contributed by atoms with Crippen LogP contribution in [0.25, 0.3) is 0 Å². The van der Waals surface area contributed by atoms with Crippen molar-refractivity contribution in [3.05, 3.63) is 17.7 Å². The van der Waals surface area contributed by atoms with Crippen molar-refractivity contribution >= 4 is 77.2 Å². The van der Waals surface area contributed by atoms with Gasteiger partial charge in [0, 0.05) is 47.1 Å². The number of aryl methyl sites for hydroxylation is 1. The number of hydrogen-bond donors (Lipinski definition) is 0. The molecule has 0 N–H and O–H groups in total. The maximum absolute atomic E-state index is 5.77. The van der Waals surface area contributed by atoms with Crippen LogP contribution in [0.1, 0.15) is 5.56 Å². The van der Waals surface area contributed by atoms with Gasteiger partial charge >= 0.3 is 8.80 Å². The van der Waals surface area contributed by atoms with Gasteiger partial charge in [-0.1, -0.05) is 25.3 Å². The van der Waals surface area contributed by atoms with E-state index >= 15 is 0 Å². The fourth-order valence-electron chi connectivity index (χ4n) is 3.15.